The first-order chi connectivity index (χ1) is 19.8. The average Bonchev–Trinajstić information content (AvgIpc) is 2.92. The molecular weight excluding hydrogens is 546 g/mol. The summed E-state index contributed by atoms with van der Waals surface area (Å²) in [5.41, 5.74) is 4.16. The summed E-state index contributed by atoms with van der Waals surface area (Å²) in [7, 11) is -3.56. The van der Waals surface area contributed by atoms with Gasteiger partial charge in [0.1, 0.15) is 6.04 Å². The molecule has 0 aliphatic rings. The molecule has 1 atom stereocenters. The molecule has 0 aliphatic carbocycles. The van der Waals surface area contributed by atoms with Gasteiger partial charge in [0.05, 0.1) is 11.9 Å². The first kappa shape index (κ1) is 32.9. The van der Waals surface area contributed by atoms with Crippen LogP contribution in [-0.4, -0.2) is 49.5 Å². The van der Waals surface area contributed by atoms with E-state index in [1.807, 2.05) is 101 Å². The lowest BCUT2D eigenvalue weighted by molar-refractivity contribution is -0.142. The molecule has 0 fully saturated rings. The van der Waals surface area contributed by atoms with Crippen LogP contribution in [0.3, 0.4) is 0 Å². The summed E-state index contributed by atoms with van der Waals surface area (Å²) in [5, 5.41) is 3.08. The SMILES string of the molecule is CCc1ccc(N(CCCC(=O)N(Cc2cccc(C)c2)[C@H](Cc2ccccc2)C(=O)NC(C)(C)C)S(C)(=O)=O)cc1. The molecule has 3 aromatic carbocycles. The van der Waals surface area contributed by atoms with Gasteiger partial charge in [0.15, 0.2) is 0 Å². The van der Waals surface area contributed by atoms with Gasteiger partial charge in [0, 0.05) is 31.5 Å². The normalized spacial score (nSPS) is 12.4. The lowest BCUT2D eigenvalue weighted by atomic mass is 10.00. The molecule has 8 heteroatoms. The number of benzene rings is 3. The van der Waals surface area contributed by atoms with E-state index in [2.05, 4.69) is 5.32 Å². The van der Waals surface area contributed by atoms with E-state index in [0.29, 0.717) is 18.5 Å². The first-order valence-corrected chi connectivity index (χ1v) is 16.4. The fourth-order valence-corrected chi connectivity index (χ4v) is 5.88. The van der Waals surface area contributed by atoms with Gasteiger partial charge in [0.2, 0.25) is 21.8 Å². The van der Waals surface area contributed by atoms with Gasteiger partial charge < -0.3 is 10.2 Å². The van der Waals surface area contributed by atoms with Crippen molar-refractivity contribution in [1.29, 1.82) is 0 Å². The van der Waals surface area contributed by atoms with E-state index in [9.17, 15) is 18.0 Å². The number of hydrogen-bond donors (Lipinski definition) is 1. The monoisotopic (exact) mass is 591 g/mol. The topological polar surface area (TPSA) is 86.8 Å². The van der Waals surface area contributed by atoms with Gasteiger partial charge in [-0.05, 0) is 69.4 Å². The molecule has 0 bridgehead atoms. The zero-order chi connectivity index (χ0) is 30.9. The van der Waals surface area contributed by atoms with E-state index < -0.39 is 21.6 Å². The Labute approximate surface area is 252 Å². The van der Waals surface area contributed by atoms with Crippen LogP contribution in [0.1, 0.15) is 62.8 Å². The summed E-state index contributed by atoms with van der Waals surface area (Å²) in [4.78, 5) is 29.3. The second-order valence-corrected chi connectivity index (χ2v) is 13.8. The summed E-state index contributed by atoms with van der Waals surface area (Å²) in [5.74, 6) is -0.419. The van der Waals surface area contributed by atoms with Crippen molar-refractivity contribution in [3.8, 4) is 0 Å². The molecule has 0 spiro atoms. The lowest BCUT2D eigenvalue weighted by Gasteiger charge is -2.34. The molecule has 226 valence electrons. The van der Waals surface area contributed by atoms with Gasteiger partial charge in [-0.25, -0.2) is 8.42 Å². The number of carbonyl (C=O) groups is 2. The molecular formula is C34H45N3O4S. The van der Waals surface area contributed by atoms with Crippen molar-refractivity contribution >= 4 is 27.5 Å². The number of nitrogens with zero attached hydrogens (tertiary/aromatic N) is 2. The molecule has 0 heterocycles. The zero-order valence-corrected chi connectivity index (χ0v) is 26.6. The van der Waals surface area contributed by atoms with Crippen LogP contribution in [0.15, 0.2) is 78.9 Å². The van der Waals surface area contributed by atoms with E-state index in [1.54, 1.807) is 17.0 Å². The summed E-state index contributed by atoms with van der Waals surface area (Å²) < 4.78 is 26.7. The summed E-state index contributed by atoms with van der Waals surface area (Å²) >= 11 is 0. The number of nitrogens with one attached hydrogen (secondary N) is 1. The van der Waals surface area contributed by atoms with Gasteiger partial charge in [-0.3, -0.25) is 13.9 Å². The first-order valence-electron chi connectivity index (χ1n) is 14.5. The van der Waals surface area contributed by atoms with Crippen LogP contribution in [0.2, 0.25) is 0 Å². The largest absolute Gasteiger partial charge is 0.350 e. The summed E-state index contributed by atoms with van der Waals surface area (Å²) in [6.45, 7) is 10.2. The van der Waals surface area contributed by atoms with Crippen LogP contribution in [-0.2, 0) is 39.0 Å². The predicted molar refractivity (Wildman–Crippen MR) is 171 cm³/mol. The molecule has 0 unspecified atom stereocenters. The van der Waals surface area contributed by atoms with Crippen molar-refractivity contribution in [3.05, 3.63) is 101 Å². The Hall–Kier alpha value is -3.65. The van der Waals surface area contributed by atoms with Gasteiger partial charge >= 0.3 is 0 Å². The number of hydrogen-bond acceptors (Lipinski definition) is 4. The molecule has 0 aliphatic heterocycles. The third kappa shape index (κ3) is 10.0. The molecule has 3 rings (SSSR count). The van der Waals surface area contributed by atoms with Gasteiger partial charge in [-0.2, -0.15) is 0 Å². The maximum Gasteiger partial charge on any atom is 0.243 e. The smallest absolute Gasteiger partial charge is 0.243 e. The maximum atomic E-state index is 14.0. The Morgan fingerprint density at radius 3 is 2.10 bits per heavy atom. The molecule has 42 heavy (non-hydrogen) atoms. The zero-order valence-electron chi connectivity index (χ0n) is 25.8. The Bertz CT molecular complexity index is 1430. The van der Waals surface area contributed by atoms with Gasteiger partial charge in [0.25, 0.3) is 0 Å². The summed E-state index contributed by atoms with van der Waals surface area (Å²) in [6, 6.07) is 24.3. The number of anilines is 1. The number of carbonyl (C=O) groups excluding carboxylic acids is 2. The van der Waals surface area contributed by atoms with Crippen molar-refractivity contribution in [3.63, 3.8) is 0 Å². The maximum absolute atomic E-state index is 14.0. The Kier molecular flexibility index (Phi) is 11.3. The van der Waals surface area contributed by atoms with Crippen LogP contribution < -0.4 is 9.62 Å². The number of sulfonamides is 1. The van der Waals surface area contributed by atoms with Crippen LogP contribution in [0.5, 0.6) is 0 Å². The van der Waals surface area contributed by atoms with E-state index in [4.69, 9.17) is 0 Å². The van der Waals surface area contributed by atoms with Gasteiger partial charge in [-0.15, -0.1) is 0 Å². The minimum atomic E-state index is -3.56. The van der Waals surface area contributed by atoms with Gasteiger partial charge in [-0.1, -0.05) is 79.2 Å². The Morgan fingerprint density at radius 1 is 0.881 bits per heavy atom. The van der Waals surface area contributed by atoms with Crippen LogP contribution in [0.4, 0.5) is 5.69 Å². The van der Waals surface area contributed by atoms with E-state index >= 15 is 0 Å². The molecule has 0 saturated heterocycles. The second kappa shape index (κ2) is 14.5. The van der Waals surface area contributed by atoms with Crippen molar-refractivity contribution in [2.75, 3.05) is 17.1 Å². The summed E-state index contributed by atoms with van der Waals surface area (Å²) in [6.07, 6.45) is 2.81. The highest BCUT2D eigenvalue weighted by Gasteiger charge is 2.32. The molecule has 1 N–H and O–H groups in total. The number of aryl methyl sites for hydroxylation is 2. The molecule has 7 nitrogen and oxygen atoms in total. The molecule has 0 aromatic heterocycles. The third-order valence-electron chi connectivity index (χ3n) is 6.99. The quantitative estimate of drug-likeness (QED) is 0.278. The molecule has 3 aromatic rings. The minimum absolute atomic E-state index is 0.0962. The molecule has 0 radical (unpaired) electrons. The van der Waals surface area contributed by atoms with Crippen LogP contribution in [0.25, 0.3) is 0 Å². The van der Waals surface area contributed by atoms with Crippen molar-refractivity contribution in [2.45, 2.75) is 78.4 Å². The van der Waals surface area contributed by atoms with Crippen molar-refractivity contribution in [2.24, 2.45) is 0 Å². The standard InChI is InChI=1S/C34H45N3O4S/c1-7-27-18-20-30(21-19-27)37(42(6,40)41)22-12-17-32(38)36(25-29-16-11-13-26(2)23-29)31(33(39)35-34(3,4)5)24-28-14-9-8-10-15-28/h8-11,13-16,18-21,23,31H,7,12,17,22,24-25H2,1-6H3,(H,35,39)/t31-/m1/s1. The third-order valence-corrected chi connectivity index (χ3v) is 8.18. The minimum Gasteiger partial charge on any atom is -0.350 e. The lowest BCUT2D eigenvalue weighted by Crippen LogP contribution is -2.54. The van der Waals surface area contributed by atoms with Crippen LogP contribution in [0, 0.1) is 6.92 Å². The van der Waals surface area contributed by atoms with Crippen molar-refractivity contribution in [1.82, 2.24) is 10.2 Å². The second-order valence-electron chi connectivity index (χ2n) is 11.9. The highest BCUT2D eigenvalue weighted by Crippen LogP contribution is 2.21. The number of amides is 2. The fourth-order valence-electron chi connectivity index (χ4n) is 4.92. The van der Waals surface area contributed by atoms with E-state index in [-0.39, 0.29) is 31.3 Å². The predicted octanol–water partition coefficient (Wildman–Crippen LogP) is 5.66. The Balaban J connectivity index is 1.89. The Morgan fingerprint density at radius 2 is 1.52 bits per heavy atom. The van der Waals surface area contributed by atoms with Crippen molar-refractivity contribution < 1.29 is 18.0 Å². The average molecular weight is 592 g/mol. The number of rotatable bonds is 13. The van der Waals surface area contributed by atoms with E-state index in [1.165, 1.54) is 10.6 Å². The van der Waals surface area contributed by atoms with E-state index in [0.717, 1.165) is 28.7 Å². The highest BCUT2D eigenvalue weighted by atomic mass is 32.2. The van der Waals surface area contributed by atoms with Crippen LogP contribution >= 0.6 is 0 Å². The molecule has 2 amide bonds. The highest BCUT2D eigenvalue weighted by molar-refractivity contribution is 7.92. The fraction of sp³-hybridized carbons (Fsp3) is 0.412. The molecule has 0 saturated carbocycles.